The van der Waals surface area contributed by atoms with Gasteiger partial charge in [0, 0.05) is 19.8 Å². The van der Waals surface area contributed by atoms with E-state index in [4.69, 9.17) is 14.2 Å². The molecular weight excluding hydrogens is 330 g/mol. The highest BCUT2D eigenvalue weighted by atomic mass is 16.7. The summed E-state index contributed by atoms with van der Waals surface area (Å²) >= 11 is 0. The average molecular weight is 363 g/mol. The second-order valence-electron chi connectivity index (χ2n) is 6.79. The second kappa shape index (κ2) is 11.9. The summed E-state index contributed by atoms with van der Waals surface area (Å²) in [6.45, 7) is 6.39. The maximum Gasteiger partial charge on any atom is 0.410 e. The Morgan fingerprint density at radius 2 is 1.73 bits per heavy atom. The molecule has 1 aliphatic rings. The van der Waals surface area contributed by atoms with Crippen LogP contribution < -0.4 is 0 Å². The summed E-state index contributed by atoms with van der Waals surface area (Å²) in [5.41, 5.74) is 0.990. The van der Waals surface area contributed by atoms with E-state index in [2.05, 4.69) is 0 Å². The lowest BCUT2D eigenvalue weighted by Crippen LogP contribution is -2.43. The van der Waals surface area contributed by atoms with E-state index in [-0.39, 0.29) is 12.7 Å². The third-order valence-corrected chi connectivity index (χ3v) is 4.74. The van der Waals surface area contributed by atoms with E-state index < -0.39 is 6.29 Å². The average Bonchev–Trinajstić information content (AvgIpc) is 2.67. The number of hydrogen-bond acceptors (Lipinski definition) is 4. The molecule has 1 aliphatic carbocycles. The molecule has 1 saturated carbocycles. The van der Waals surface area contributed by atoms with Crippen LogP contribution in [-0.4, -0.2) is 43.6 Å². The Morgan fingerprint density at radius 1 is 1.08 bits per heavy atom. The summed E-state index contributed by atoms with van der Waals surface area (Å²) in [4.78, 5) is 14.5. The van der Waals surface area contributed by atoms with Crippen LogP contribution in [0.5, 0.6) is 0 Å². The topological polar surface area (TPSA) is 48.0 Å². The van der Waals surface area contributed by atoms with Gasteiger partial charge in [-0.05, 0) is 38.2 Å². The van der Waals surface area contributed by atoms with E-state index in [1.54, 1.807) is 4.90 Å². The lowest BCUT2D eigenvalue weighted by Gasteiger charge is -2.31. The summed E-state index contributed by atoms with van der Waals surface area (Å²) in [5, 5.41) is 0. The summed E-state index contributed by atoms with van der Waals surface area (Å²) in [6.07, 6.45) is 5.46. The molecule has 1 amide bonds. The van der Waals surface area contributed by atoms with Gasteiger partial charge in [-0.25, -0.2) is 4.79 Å². The molecular formula is C21H33NO4. The van der Waals surface area contributed by atoms with Crippen LogP contribution in [0.4, 0.5) is 4.79 Å². The fourth-order valence-corrected chi connectivity index (χ4v) is 3.42. The predicted molar refractivity (Wildman–Crippen MR) is 102 cm³/mol. The first-order valence-electron chi connectivity index (χ1n) is 9.91. The van der Waals surface area contributed by atoms with Crippen LogP contribution in [0.1, 0.15) is 51.5 Å². The Hall–Kier alpha value is -1.59. The Balaban J connectivity index is 1.96. The number of ether oxygens (including phenoxy) is 3. The second-order valence-corrected chi connectivity index (χ2v) is 6.79. The normalized spacial score (nSPS) is 15.2. The quantitative estimate of drug-likeness (QED) is 0.570. The van der Waals surface area contributed by atoms with Crippen LogP contribution in [0.15, 0.2) is 30.3 Å². The molecule has 0 aliphatic heterocycles. The molecule has 1 fully saturated rings. The lowest BCUT2D eigenvalue weighted by molar-refractivity contribution is -0.145. The van der Waals surface area contributed by atoms with Crippen LogP contribution in [0.25, 0.3) is 0 Å². The number of benzene rings is 1. The summed E-state index contributed by atoms with van der Waals surface area (Å²) in [6, 6.07) is 9.77. The first-order chi connectivity index (χ1) is 12.7. The van der Waals surface area contributed by atoms with Crippen LogP contribution in [0.3, 0.4) is 0 Å². The van der Waals surface area contributed by atoms with E-state index >= 15 is 0 Å². The standard InChI is InChI=1S/C21H33NO4/c1-3-24-20(25-4-2)16-22(15-18-11-7-5-8-12-18)21(23)26-17-19-13-9-6-10-14-19/h6,9-10,13-14,18,20H,3-5,7-8,11-12,15-17H2,1-2H3. The van der Waals surface area contributed by atoms with Crippen molar-refractivity contribution in [2.24, 2.45) is 5.92 Å². The van der Waals surface area contributed by atoms with Gasteiger partial charge in [0.1, 0.15) is 6.61 Å². The molecule has 26 heavy (non-hydrogen) atoms. The summed E-state index contributed by atoms with van der Waals surface area (Å²) in [5.74, 6) is 0.539. The molecule has 0 atom stereocenters. The van der Waals surface area contributed by atoms with Crippen molar-refractivity contribution in [3.05, 3.63) is 35.9 Å². The van der Waals surface area contributed by atoms with Crippen LogP contribution >= 0.6 is 0 Å². The first kappa shape index (κ1) is 20.7. The van der Waals surface area contributed by atoms with Gasteiger partial charge in [0.25, 0.3) is 0 Å². The van der Waals surface area contributed by atoms with Gasteiger partial charge in [0.15, 0.2) is 6.29 Å². The summed E-state index contributed by atoms with van der Waals surface area (Å²) < 4.78 is 16.9. The third kappa shape index (κ3) is 7.34. The van der Waals surface area contributed by atoms with E-state index in [0.29, 0.717) is 32.2 Å². The minimum atomic E-state index is -0.405. The van der Waals surface area contributed by atoms with Gasteiger partial charge in [-0.3, -0.25) is 0 Å². The lowest BCUT2D eigenvalue weighted by atomic mass is 9.89. The van der Waals surface area contributed by atoms with E-state index in [9.17, 15) is 4.79 Å². The van der Waals surface area contributed by atoms with Gasteiger partial charge in [-0.15, -0.1) is 0 Å². The molecule has 2 rings (SSSR count). The van der Waals surface area contributed by atoms with Gasteiger partial charge >= 0.3 is 6.09 Å². The zero-order valence-electron chi connectivity index (χ0n) is 16.2. The molecule has 146 valence electrons. The molecule has 0 aromatic heterocycles. The molecule has 0 bridgehead atoms. The number of nitrogens with zero attached hydrogens (tertiary/aromatic N) is 1. The molecule has 0 saturated heterocycles. The molecule has 1 aromatic rings. The van der Waals surface area contributed by atoms with E-state index in [0.717, 1.165) is 5.56 Å². The van der Waals surface area contributed by atoms with Crippen molar-refractivity contribution >= 4 is 6.09 Å². The summed E-state index contributed by atoms with van der Waals surface area (Å²) in [7, 11) is 0. The maximum absolute atomic E-state index is 12.7. The predicted octanol–water partition coefficient (Wildman–Crippen LogP) is 4.60. The monoisotopic (exact) mass is 363 g/mol. The fraction of sp³-hybridized carbons (Fsp3) is 0.667. The smallest absolute Gasteiger partial charge is 0.410 e. The highest BCUT2D eigenvalue weighted by molar-refractivity contribution is 5.67. The van der Waals surface area contributed by atoms with Crippen molar-refractivity contribution in [3.63, 3.8) is 0 Å². The number of carbonyl (C=O) groups is 1. The van der Waals surface area contributed by atoms with E-state index in [1.807, 2.05) is 44.2 Å². The molecule has 1 aromatic carbocycles. The zero-order valence-corrected chi connectivity index (χ0v) is 16.2. The molecule has 0 unspecified atom stereocenters. The van der Waals surface area contributed by atoms with Gasteiger partial charge < -0.3 is 19.1 Å². The Kier molecular flexibility index (Phi) is 9.50. The maximum atomic E-state index is 12.7. The molecule has 0 radical (unpaired) electrons. The van der Waals surface area contributed by atoms with Gasteiger partial charge in [0.2, 0.25) is 0 Å². The van der Waals surface area contributed by atoms with Crippen LogP contribution in [0, 0.1) is 5.92 Å². The van der Waals surface area contributed by atoms with Crippen LogP contribution in [-0.2, 0) is 20.8 Å². The first-order valence-corrected chi connectivity index (χ1v) is 9.91. The van der Waals surface area contributed by atoms with Crippen LogP contribution in [0.2, 0.25) is 0 Å². The third-order valence-electron chi connectivity index (χ3n) is 4.74. The van der Waals surface area contributed by atoms with Crippen molar-refractivity contribution in [1.82, 2.24) is 4.90 Å². The Labute approximate surface area is 157 Å². The number of rotatable bonds is 10. The molecule has 5 heteroatoms. The van der Waals surface area contributed by atoms with Gasteiger partial charge in [0.05, 0.1) is 6.54 Å². The van der Waals surface area contributed by atoms with Crippen molar-refractivity contribution in [1.29, 1.82) is 0 Å². The minimum absolute atomic E-state index is 0.286. The SMILES string of the molecule is CCOC(CN(CC1CCCCC1)C(=O)OCc1ccccc1)OCC. The van der Waals surface area contributed by atoms with Gasteiger partial charge in [-0.1, -0.05) is 49.6 Å². The molecule has 0 N–H and O–H groups in total. The largest absolute Gasteiger partial charge is 0.445 e. The molecule has 5 nitrogen and oxygen atoms in total. The molecule has 0 spiro atoms. The van der Waals surface area contributed by atoms with Crippen molar-refractivity contribution in [3.8, 4) is 0 Å². The van der Waals surface area contributed by atoms with E-state index in [1.165, 1.54) is 32.1 Å². The Bertz CT molecular complexity index is 496. The number of hydrogen-bond donors (Lipinski definition) is 0. The highest BCUT2D eigenvalue weighted by Crippen LogP contribution is 2.25. The van der Waals surface area contributed by atoms with Crippen molar-refractivity contribution < 1.29 is 19.0 Å². The fourth-order valence-electron chi connectivity index (χ4n) is 3.42. The van der Waals surface area contributed by atoms with Gasteiger partial charge in [-0.2, -0.15) is 0 Å². The van der Waals surface area contributed by atoms with Crippen molar-refractivity contribution in [2.45, 2.75) is 58.8 Å². The van der Waals surface area contributed by atoms with Crippen molar-refractivity contribution in [2.75, 3.05) is 26.3 Å². The number of amides is 1. The highest BCUT2D eigenvalue weighted by Gasteiger charge is 2.25. The number of carbonyl (C=O) groups excluding carboxylic acids is 1. The zero-order chi connectivity index (χ0) is 18.6. The minimum Gasteiger partial charge on any atom is -0.445 e. The Morgan fingerprint density at radius 3 is 2.35 bits per heavy atom. The molecule has 0 heterocycles.